The summed E-state index contributed by atoms with van der Waals surface area (Å²) in [5.41, 5.74) is 0. The minimum atomic E-state index is -0.634. The fraction of sp³-hybridized carbons (Fsp3) is 0.909. The molecule has 2 N–H and O–H groups in total. The zero-order valence-electron chi connectivity index (χ0n) is 8.28. The van der Waals surface area contributed by atoms with Crippen molar-refractivity contribution < 1.29 is 9.90 Å². The second-order valence-corrected chi connectivity index (χ2v) is 5.14. The van der Waals surface area contributed by atoms with Crippen LogP contribution in [0.4, 0.5) is 0 Å². The third-order valence-electron chi connectivity index (χ3n) is 4.69. The highest BCUT2D eigenvalue weighted by molar-refractivity contribution is 5.74. The molecule has 1 aliphatic heterocycles. The van der Waals surface area contributed by atoms with Gasteiger partial charge in [0.2, 0.25) is 0 Å². The molecule has 3 atom stereocenters. The van der Waals surface area contributed by atoms with Crippen molar-refractivity contribution in [3.8, 4) is 0 Å². The van der Waals surface area contributed by atoms with E-state index in [0.29, 0.717) is 17.8 Å². The Morgan fingerprint density at radius 1 is 1.14 bits per heavy atom. The van der Waals surface area contributed by atoms with Gasteiger partial charge < -0.3 is 10.4 Å². The van der Waals surface area contributed by atoms with E-state index in [1.807, 2.05) is 0 Å². The molecule has 4 rings (SSSR count). The summed E-state index contributed by atoms with van der Waals surface area (Å²) in [5, 5.41) is 12.3. The highest BCUT2D eigenvalue weighted by Crippen LogP contribution is 2.51. The van der Waals surface area contributed by atoms with Crippen LogP contribution in [0.15, 0.2) is 0 Å². The van der Waals surface area contributed by atoms with Crippen LogP contribution in [0.25, 0.3) is 0 Å². The van der Waals surface area contributed by atoms with Gasteiger partial charge >= 0.3 is 5.97 Å². The van der Waals surface area contributed by atoms with Crippen LogP contribution >= 0.6 is 0 Å². The van der Waals surface area contributed by atoms with Gasteiger partial charge in [0.25, 0.3) is 0 Å². The summed E-state index contributed by atoms with van der Waals surface area (Å²) >= 11 is 0. The molecule has 3 aliphatic carbocycles. The molecule has 0 aromatic rings. The largest absolute Gasteiger partial charge is 0.480 e. The van der Waals surface area contributed by atoms with Crippen molar-refractivity contribution in [1.82, 2.24) is 5.32 Å². The maximum atomic E-state index is 11.1. The molecule has 3 saturated carbocycles. The van der Waals surface area contributed by atoms with Gasteiger partial charge in [-0.3, -0.25) is 4.79 Å². The van der Waals surface area contributed by atoms with Crippen LogP contribution in [-0.2, 0) is 4.79 Å². The molecular weight excluding hydrogens is 178 g/mol. The minimum Gasteiger partial charge on any atom is -0.480 e. The number of hydrogen-bond donors (Lipinski definition) is 2. The molecule has 4 aliphatic rings. The lowest BCUT2D eigenvalue weighted by atomic mass is 9.58. The Labute approximate surface area is 83.9 Å². The maximum absolute atomic E-state index is 11.1. The predicted molar refractivity (Wildman–Crippen MR) is 51.9 cm³/mol. The molecule has 0 unspecified atom stereocenters. The van der Waals surface area contributed by atoms with Crippen molar-refractivity contribution in [2.45, 2.75) is 31.7 Å². The fourth-order valence-electron chi connectivity index (χ4n) is 4.10. The minimum absolute atomic E-state index is 0.243. The van der Waals surface area contributed by atoms with E-state index in [0.717, 1.165) is 12.5 Å². The lowest BCUT2D eigenvalue weighted by molar-refractivity contribution is -0.142. The van der Waals surface area contributed by atoms with Crippen molar-refractivity contribution in [3.05, 3.63) is 0 Å². The average molecular weight is 195 g/mol. The summed E-state index contributed by atoms with van der Waals surface area (Å²) in [6.45, 7) is 0.947. The molecule has 14 heavy (non-hydrogen) atoms. The van der Waals surface area contributed by atoms with Crippen LogP contribution < -0.4 is 5.32 Å². The van der Waals surface area contributed by atoms with Gasteiger partial charge in [-0.25, -0.2) is 0 Å². The van der Waals surface area contributed by atoms with E-state index in [4.69, 9.17) is 5.11 Å². The Balaban J connectivity index is 1.87. The zero-order valence-corrected chi connectivity index (χ0v) is 8.28. The van der Waals surface area contributed by atoms with Gasteiger partial charge in [-0.15, -0.1) is 0 Å². The van der Waals surface area contributed by atoms with E-state index >= 15 is 0 Å². The predicted octanol–water partition coefficient (Wildman–Crippen LogP) is 1.10. The molecule has 3 nitrogen and oxygen atoms in total. The topological polar surface area (TPSA) is 49.3 Å². The zero-order chi connectivity index (χ0) is 9.71. The number of fused-ring (bicyclic) bond motifs is 2. The number of carboxylic acid groups (broad SMARTS) is 1. The summed E-state index contributed by atoms with van der Waals surface area (Å²) in [6.07, 6.45) is 5.24. The maximum Gasteiger partial charge on any atom is 0.321 e. The molecule has 3 heteroatoms. The van der Waals surface area contributed by atoms with Crippen molar-refractivity contribution >= 4 is 5.97 Å². The second-order valence-electron chi connectivity index (χ2n) is 5.14. The first-order chi connectivity index (χ1) is 6.77. The van der Waals surface area contributed by atoms with Crippen molar-refractivity contribution in [1.29, 1.82) is 0 Å². The van der Waals surface area contributed by atoms with Gasteiger partial charge in [0.1, 0.15) is 6.04 Å². The number of hydrogen-bond acceptors (Lipinski definition) is 2. The number of carbonyl (C=O) groups is 1. The van der Waals surface area contributed by atoms with Gasteiger partial charge in [0.15, 0.2) is 0 Å². The first kappa shape index (κ1) is 8.72. The number of nitrogens with one attached hydrogen (secondary N) is 1. The van der Waals surface area contributed by atoms with Gasteiger partial charge in [-0.1, -0.05) is 0 Å². The lowest BCUT2D eigenvalue weighted by Crippen LogP contribution is -2.45. The summed E-state index contributed by atoms with van der Waals surface area (Å²) in [6, 6.07) is -0.243. The third-order valence-corrected chi connectivity index (χ3v) is 4.69. The van der Waals surface area contributed by atoms with Crippen LogP contribution in [0, 0.1) is 23.7 Å². The Kier molecular flexibility index (Phi) is 1.84. The molecule has 0 radical (unpaired) electrons. The third kappa shape index (κ3) is 1.05. The normalized spacial score (nSPS) is 50.4. The van der Waals surface area contributed by atoms with Gasteiger partial charge in [0, 0.05) is 0 Å². The molecule has 4 fully saturated rings. The van der Waals surface area contributed by atoms with E-state index in [-0.39, 0.29) is 6.04 Å². The second kappa shape index (κ2) is 2.96. The average Bonchev–Trinajstić information content (AvgIpc) is 2.65. The first-order valence-electron chi connectivity index (χ1n) is 5.73. The van der Waals surface area contributed by atoms with Crippen LogP contribution in [-0.4, -0.2) is 23.7 Å². The van der Waals surface area contributed by atoms with Crippen LogP contribution in [0.2, 0.25) is 0 Å². The Morgan fingerprint density at radius 2 is 1.79 bits per heavy atom. The summed E-state index contributed by atoms with van der Waals surface area (Å²) < 4.78 is 0. The molecule has 1 heterocycles. The van der Waals surface area contributed by atoms with E-state index in [2.05, 4.69) is 5.32 Å². The molecule has 0 aromatic heterocycles. The van der Waals surface area contributed by atoms with Gasteiger partial charge in [-0.05, 0) is 55.9 Å². The Bertz CT molecular complexity index is 258. The first-order valence-corrected chi connectivity index (χ1v) is 5.73. The van der Waals surface area contributed by atoms with Crippen LogP contribution in [0.3, 0.4) is 0 Å². The van der Waals surface area contributed by atoms with Crippen molar-refractivity contribution in [2.75, 3.05) is 6.54 Å². The SMILES string of the molecule is O=C(O)[C@@H]1NC[C@H]2C3CCC(CC3)[C@@H]12. The summed E-state index contributed by atoms with van der Waals surface area (Å²) in [7, 11) is 0. The number of carboxylic acids is 1. The quantitative estimate of drug-likeness (QED) is 0.658. The smallest absolute Gasteiger partial charge is 0.321 e. The van der Waals surface area contributed by atoms with Crippen molar-refractivity contribution in [2.24, 2.45) is 23.7 Å². The summed E-state index contributed by atoms with van der Waals surface area (Å²) in [5.74, 6) is 2.00. The number of aliphatic carboxylic acids is 1. The highest BCUT2D eigenvalue weighted by Gasteiger charge is 2.52. The van der Waals surface area contributed by atoms with Gasteiger partial charge in [0.05, 0.1) is 0 Å². The molecular formula is C11H17NO2. The van der Waals surface area contributed by atoms with E-state index in [1.54, 1.807) is 0 Å². The molecule has 0 amide bonds. The van der Waals surface area contributed by atoms with E-state index in [9.17, 15) is 4.79 Å². The monoisotopic (exact) mass is 195 g/mol. The van der Waals surface area contributed by atoms with Crippen LogP contribution in [0.5, 0.6) is 0 Å². The molecule has 78 valence electrons. The Hall–Kier alpha value is -0.570. The molecule has 1 saturated heterocycles. The number of rotatable bonds is 1. The standard InChI is InChI=1S/C11H17NO2/c13-11(14)10-9-7-3-1-6(2-4-7)8(9)5-12-10/h6-10,12H,1-5H2,(H,13,14)/t6?,7?,8-,9+,10+/m0/s1. The Morgan fingerprint density at radius 3 is 2.43 bits per heavy atom. The molecule has 2 bridgehead atoms. The van der Waals surface area contributed by atoms with E-state index in [1.165, 1.54) is 25.7 Å². The van der Waals surface area contributed by atoms with E-state index < -0.39 is 5.97 Å². The lowest BCUT2D eigenvalue weighted by Gasteiger charge is -2.46. The fourth-order valence-corrected chi connectivity index (χ4v) is 4.10. The molecule has 0 aromatic carbocycles. The van der Waals surface area contributed by atoms with Crippen LogP contribution in [0.1, 0.15) is 25.7 Å². The molecule has 0 spiro atoms. The highest BCUT2D eigenvalue weighted by atomic mass is 16.4. The van der Waals surface area contributed by atoms with Gasteiger partial charge in [-0.2, -0.15) is 0 Å². The summed E-state index contributed by atoms with van der Waals surface area (Å²) in [4.78, 5) is 11.1. The van der Waals surface area contributed by atoms with Crippen molar-refractivity contribution in [3.63, 3.8) is 0 Å².